The van der Waals surface area contributed by atoms with Gasteiger partial charge in [0.1, 0.15) is 0 Å². The Bertz CT molecular complexity index is 442. The molecule has 0 aromatic heterocycles. The third kappa shape index (κ3) is 2.64. The molecule has 1 unspecified atom stereocenters. The number of aryl methyl sites for hydroxylation is 1. The zero-order valence-electron chi connectivity index (χ0n) is 10.6. The van der Waals surface area contributed by atoms with Gasteiger partial charge in [-0.05, 0) is 37.8 Å². The largest absolute Gasteiger partial charge is 0.479 e. The predicted octanol–water partition coefficient (Wildman–Crippen LogP) is 1.66. The molecule has 2 rings (SSSR count). The second kappa shape index (κ2) is 4.98. The van der Waals surface area contributed by atoms with Crippen LogP contribution in [0.5, 0.6) is 0 Å². The van der Waals surface area contributed by atoms with Crippen LogP contribution in [0.25, 0.3) is 0 Å². The zero-order valence-corrected chi connectivity index (χ0v) is 10.6. The van der Waals surface area contributed by atoms with Crippen LogP contribution in [-0.4, -0.2) is 34.9 Å². The molecule has 1 heterocycles. The van der Waals surface area contributed by atoms with E-state index in [-0.39, 0.29) is 6.54 Å². The number of carboxylic acid groups (broad SMARTS) is 1. The van der Waals surface area contributed by atoms with Gasteiger partial charge in [0, 0.05) is 12.2 Å². The van der Waals surface area contributed by atoms with Gasteiger partial charge in [-0.2, -0.15) is 0 Å². The van der Waals surface area contributed by atoms with Crippen LogP contribution in [0.1, 0.15) is 25.3 Å². The molecule has 0 aliphatic carbocycles. The van der Waals surface area contributed by atoms with Crippen LogP contribution in [0.3, 0.4) is 0 Å². The number of hydrogen-bond donors (Lipinski definition) is 2. The van der Waals surface area contributed by atoms with Crippen molar-refractivity contribution in [3.05, 3.63) is 29.8 Å². The van der Waals surface area contributed by atoms with Gasteiger partial charge in [-0.1, -0.05) is 18.2 Å². The molecule has 18 heavy (non-hydrogen) atoms. The third-order valence-electron chi connectivity index (χ3n) is 3.42. The Hall–Kier alpha value is -1.55. The van der Waals surface area contributed by atoms with Crippen molar-refractivity contribution in [2.24, 2.45) is 0 Å². The van der Waals surface area contributed by atoms with E-state index >= 15 is 0 Å². The Morgan fingerprint density at radius 2 is 2.11 bits per heavy atom. The van der Waals surface area contributed by atoms with Gasteiger partial charge >= 0.3 is 5.97 Å². The van der Waals surface area contributed by atoms with Crippen LogP contribution in [0.4, 0.5) is 5.69 Å². The molecular weight excluding hydrogens is 230 g/mol. The number of para-hydroxylation sites is 1. The summed E-state index contributed by atoms with van der Waals surface area (Å²) >= 11 is 0. The normalized spacial score (nSPS) is 18.7. The number of benzene rings is 1. The summed E-state index contributed by atoms with van der Waals surface area (Å²) in [4.78, 5) is 13.0. The molecule has 0 saturated heterocycles. The summed E-state index contributed by atoms with van der Waals surface area (Å²) in [6.07, 6.45) is 3.13. The van der Waals surface area contributed by atoms with Crippen molar-refractivity contribution in [2.45, 2.75) is 31.8 Å². The van der Waals surface area contributed by atoms with Gasteiger partial charge in [0.25, 0.3) is 0 Å². The second-order valence-corrected chi connectivity index (χ2v) is 5.09. The van der Waals surface area contributed by atoms with E-state index in [4.69, 9.17) is 5.11 Å². The lowest BCUT2D eigenvalue weighted by Crippen LogP contribution is -2.47. The highest BCUT2D eigenvalue weighted by molar-refractivity contribution is 5.77. The quantitative estimate of drug-likeness (QED) is 0.855. The molecule has 1 aliphatic rings. The van der Waals surface area contributed by atoms with Crippen LogP contribution in [-0.2, 0) is 11.2 Å². The maximum atomic E-state index is 11.0. The molecule has 1 atom stereocenters. The standard InChI is InChI=1S/C14H19NO3/c1-14(18,13(16)17)10-15-9-5-4-7-11-6-2-3-8-12(11)15/h2-3,6,8,18H,4-5,7,9-10H2,1H3,(H,16,17). The van der Waals surface area contributed by atoms with Gasteiger partial charge in [-0.3, -0.25) is 0 Å². The summed E-state index contributed by atoms with van der Waals surface area (Å²) in [5.74, 6) is -1.18. The van der Waals surface area contributed by atoms with Gasteiger partial charge in [0.05, 0.1) is 6.54 Å². The summed E-state index contributed by atoms with van der Waals surface area (Å²) in [7, 11) is 0. The summed E-state index contributed by atoms with van der Waals surface area (Å²) in [5.41, 5.74) is 0.574. The average molecular weight is 249 g/mol. The fourth-order valence-electron chi connectivity index (χ4n) is 2.37. The third-order valence-corrected chi connectivity index (χ3v) is 3.42. The Labute approximate surface area is 107 Å². The smallest absolute Gasteiger partial charge is 0.337 e. The van der Waals surface area contributed by atoms with Crippen molar-refractivity contribution in [3.63, 3.8) is 0 Å². The monoisotopic (exact) mass is 249 g/mol. The van der Waals surface area contributed by atoms with Gasteiger partial charge in [0.2, 0.25) is 0 Å². The number of aliphatic hydroxyl groups is 1. The van der Waals surface area contributed by atoms with Crippen molar-refractivity contribution in [1.29, 1.82) is 0 Å². The number of aliphatic carboxylic acids is 1. The van der Waals surface area contributed by atoms with E-state index in [0.717, 1.165) is 31.5 Å². The number of fused-ring (bicyclic) bond motifs is 1. The molecule has 1 aromatic rings. The number of β-amino-alcohol motifs (C(OH)–C–C–N with tert-alkyl or cyclic N) is 1. The molecule has 98 valence electrons. The Balaban J connectivity index is 2.26. The first-order valence-corrected chi connectivity index (χ1v) is 6.29. The molecule has 0 fully saturated rings. The molecule has 0 amide bonds. The van der Waals surface area contributed by atoms with E-state index in [0.29, 0.717) is 0 Å². The van der Waals surface area contributed by atoms with E-state index in [1.165, 1.54) is 12.5 Å². The van der Waals surface area contributed by atoms with Crippen molar-refractivity contribution in [3.8, 4) is 0 Å². The van der Waals surface area contributed by atoms with Gasteiger partial charge in [0.15, 0.2) is 5.60 Å². The summed E-state index contributed by atoms with van der Waals surface area (Å²) < 4.78 is 0. The molecule has 4 heteroatoms. The first-order valence-electron chi connectivity index (χ1n) is 6.29. The van der Waals surface area contributed by atoms with E-state index in [1.54, 1.807) is 0 Å². The summed E-state index contributed by atoms with van der Waals surface area (Å²) in [5, 5.41) is 18.9. The van der Waals surface area contributed by atoms with Gasteiger partial charge in [-0.25, -0.2) is 4.79 Å². The second-order valence-electron chi connectivity index (χ2n) is 5.09. The Kier molecular flexibility index (Phi) is 3.57. The zero-order chi connectivity index (χ0) is 13.2. The van der Waals surface area contributed by atoms with Crippen molar-refractivity contribution < 1.29 is 15.0 Å². The SMILES string of the molecule is CC(O)(CN1CCCCc2ccccc21)C(=O)O. The minimum atomic E-state index is -1.71. The molecule has 1 aliphatic heterocycles. The van der Waals surface area contributed by atoms with Crippen LogP contribution >= 0.6 is 0 Å². The fourth-order valence-corrected chi connectivity index (χ4v) is 2.37. The topological polar surface area (TPSA) is 60.8 Å². The minimum absolute atomic E-state index is 0.124. The highest BCUT2D eigenvalue weighted by Crippen LogP contribution is 2.27. The van der Waals surface area contributed by atoms with Crippen molar-refractivity contribution >= 4 is 11.7 Å². The van der Waals surface area contributed by atoms with Crippen molar-refractivity contribution in [2.75, 3.05) is 18.0 Å². The first kappa shape index (κ1) is 12.9. The van der Waals surface area contributed by atoms with Crippen LogP contribution in [0.2, 0.25) is 0 Å². The maximum absolute atomic E-state index is 11.0. The molecule has 0 radical (unpaired) electrons. The molecule has 4 nitrogen and oxygen atoms in total. The predicted molar refractivity (Wildman–Crippen MR) is 69.9 cm³/mol. The highest BCUT2D eigenvalue weighted by Gasteiger charge is 2.33. The number of carbonyl (C=O) groups is 1. The lowest BCUT2D eigenvalue weighted by molar-refractivity contribution is -0.155. The van der Waals surface area contributed by atoms with Crippen molar-refractivity contribution in [1.82, 2.24) is 0 Å². The molecule has 0 spiro atoms. The lowest BCUT2D eigenvalue weighted by Gasteiger charge is -2.30. The maximum Gasteiger partial charge on any atom is 0.337 e. The van der Waals surface area contributed by atoms with Crippen LogP contribution in [0.15, 0.2) is 24.3 Å². The molecule has 0 bridgehead atoms. The Morgan fingerprint density at radius 1 is 1.39 bits per heavy atom. The lowest BCUT2D eigenvalue weighted by atomic mass is 10.0. The van der Waals surface area contributed by atoms with E-state index < -0.39 is 11.6 Å². The molecule has 2 N–H and O–H groups in total. The Morgan fingerprint density at radius 3 is 2.83 bits per heavy atom. The first-order chi connectivity index (χ1) is 8.50. The van der Waals surface area contributed by atoms with Gasteiger partial charge < -0.3 is 15.1 Å². The van der Waals surface area contributed by atoms with E-state index in [9.17, 15) is 9.90 Å². The number of hydrogen-bond acceptors (Lipinski definition) is 3. The van der Waals surface area contributed by atoms with E-state index in [2.05, 4.69) is 6.07 Å². The number of carboxylic acids is 1. The number of anilines is 1. The number of rotatable bonds is 3. The highest BCUT2D eigenvalue weighted by atomic mass is 16.4. The van der Waals surface area contributed by atoms with Crippen LogP contribution < -0.4 is 4.90 Å². The van der Waals surface area contributed by atoms with Crippen LogP contribution in [0, 0.1) is 0 Å². The van der Waals surface area contributed by atoms with E-state index in [1.807, 2.05) is 23.1 Å². The fraction of sp³-hybridized carbons (Fsp3) is 0.500. The summed E-state index contributed by atoms with van der Waals surface area (Å²) in [6.45, 7) is 2.27. The minimum Gasteiger partial charge on any atom is -0.479 e. The van der Waals surface area contributed by atoms with Gasteiger partial charge in [-0.15, -0.1) is 0 Å². The molecular formula is C14H19NO3. The number of nitrogens with zero attached hydrogens (tertiary/aromatic N) is 1. The molecule has 0 saturated carbocycles. The molecule has 1 aromatic carbocycles. The summed E-state index contributed by atoms with van der Waals surface area (Å²) in [6, 6.07) is 8.02. The average Bonchev–Trinajstić information content (AvgIpc) is 2.52.